The topological polar surface area (TPSA) is 38.9 Å². The fourth-order valence-corrected chi connectivity index (χ4v) is 2.57. The molecule has 1 aromatic carbocycles. The Labute approximate surface area is 99.9 Å². The van der Waals surface area contributed by atoms with Crippen LogP contribution in [0.15, 0.2) is 46.3 Å². The van der Waals surface area contributed by atoms with Crippen LogP contribution in [0.1, 0.15) is 11.3 Å². The van der Waals surface area contributed by atoms with Gasteiger partial charge in [0.15, 0.2) is 0 Å². The summed E-state index contributed by atoms with van der Waals surface area (Å²) in [6.45, 7) is 4.09. The molecule has 2 nitrogen and oxygen atoms in total. The van der Waals surface area contributed by atoms with Crippen LogP contribution in [0.5, 0.6) is 0 Å². The van der Waals surface area contributed by atoms with Gasteiger partial charge in [-0.05, 0) is 49.7 Å². The molecular formula is C13H14N2S. The van der Waals surface area contributed by atoms with Crippen LogP contribution in [0.25, 0.3) is 0 Å². The van der Waals surface area contributed by atoms with E-state index in [0.717, 1.165) is 21.3 Å². The number of rotatable bonds is 2. The van der Waals surface area contributed by atoms with Gasteiger partial charge in [-0.1, -0.05) is 17.8 Å². The van der Waals surface area contributed by atoms with Gasteiger partial charge in [-0.3, -0.25) is 0 Å². The van der Waals surface area contributed by atoms with Crippen molar-refractivity contribution in [3.8, 4) is 0 Å². The van der Waals surface area contributed by atoms with E-state index in [1.54, 1.807) is 11.8 Å². The number of nitrogens with zero attached hydrogens (tertiary/aromatic N) is 1. The molecule has 0 aliphatic rings. The molecule has 1 heterocycles. The van der Waals surface area contributed by atoms with E-state index in [9.17, 15) is 0 Å². The van der Waals surface area contributed by atoms with Crippen LogP contribution in [0.3, 0.4) is 0 Å². The van der Waals surface area contributed by atoms with Gasteiger partial charge in [-0.15, -0.1) is 0 Å². The van der Waals surface area contributed by atoms with Crippen LogP contribution < -0.4 is 5.73 Å². The van der Waals surface area contributed by atoms with Crippen LogP contribution in [0, 0.1) is 13.8 Å². The molecule has 0 spiro atoms. The molecule has 1 aromatic heterocycles. The lowest BCUT2D eigenvalue weighted by Crippen LogP contribution is -1.87. The van der Waals surface area contributed by atoms with E-state index in [2.05, 4.69) is 24.0 Å². The number of anilines is 1. The molecule has 82 valence electrons. The smallest absolute Gasteiger partial charge is 0.101 e. The summed E-state index contributed by atoms with van der Waals surface area (Å²) in [5, 5.41) is 1.02. The van der Waals surface area contributed by atoms with Gasteiger partial charge in [-0.25, -0.2) is 4.98 Å². The first kappa shape index (κ1) is 11.0. The zero-order chi connectivity index (χ0) is 11.5. The number of aryl methyl sites for hydroxylation is 2. The van der Waals surface area contributed by atoms with E-state index in [1.165, 1.54) is 5.56 Å². The molecule has 0 saturated carbocycles. The Kier molecular flexibility index (Phi) is 3.15. The molecule has 2 N–H and O–H groups in total. The van der Waals surface area contributed by atoms with E-state index >= 15 is 0 Å². The summed E-state index contributed by atoms with van der Waals surface area (Å²) in [6.07, 6.45) is 0. The molecule has 0 aliphatic carbocycles. The Morgan fingerprint density at radius 1 is 1.12 bits per heavy atom. The summed E-state index contributed by atoms with van der Waals surface area (Å²) >= 11 is 1.64. The molecule has 2 aromatic rings. The van der Waals surface area contributed by atoms with Gasteiger partial charge in [-0.2, -0.15) is 0 Å². The fourth-order valence-electron chi connectivity index (χ4n) is 1.56. The van der Waals surface area contributed by atoms with Crippen molar-refractivity contribution in [1.82, 2.24) is 4.98 Å². The zero-order valence-corrected chi connectivity index (χ0v) is 10.2. The third-order valence-corrected chi connectivity index (χ3v) is 3.06. The molecule has 0 bridgehead atoms. The van der Waals surface area contributed by atoms with E-state index in [-0.39, 0.29) is 0 Å². The summed E-state index contributed by atoms with van der Waals surface area (Å²) in [5.41, 5.74) is 8.81. The standard InChI is InChI=1S/C13H14N2S/c1-9-6-10(2)15-13(7-9)16-12-5-3-4-11(14)8-12/h3-8H,14H2,1-2H3. The van der Waals surface area contributed by atoms with Crippen LogP contribution in [0.2, 0.25) is 0 Å². The van der Waals surface area contributed by atoms with E-state index < -0.39 is 0 Å². The number of nitrogens with two attached hydrogens (primary N) is 1. The van der Waals surface area contributed by atoms with Gasteiger partial charge < -0.3 is 5.73 Å². The Bertz CT molecular complexity index is 489. The normalized spacial score (nSPS) is 10.4. The van der Waals surface area contributed by atoms with Crippen molar-refractivity contribution in [1.29, 1.82) is 0 Å². The van der Waals surface area contributed by atoms with Crippen molar-refractivity contribution in [3.63, 3.8) is 0 Å². The molecule has 0 atom stereocenters. The second-order valence-corrected chi connectivity index (χ2v) is 4.89. The Morgan fingerprint density at radius 3 is 2.62 bits per heavy atom. The number of benzene rings is 1. The first-order chi connectivity index (χ1) is 7.63. The van der Waals surface area contributed by atoms with Crippen LogP contribution in [-0.2, 0) is 0 Å². The predicted molar refractivity (Wildman–Crippen MR) is 68.7 cm³/mol. The highest BCUT2D eigenvalue weighted by atomic mass is 32.2. The largest absolute Gasteiger partial charge is 0.399 e. The second-order valence-electron chi connectivity index (χ2n) is 3.80. The molecule has 0 aliphatic heterocycles. The Balaban J connectivity index is 2.27. The molecule has 0 fully saturated rings. The minimum atomic E-state index is 0.786. The lowest BCUT2D eigenvalue weighted by Gasteiger charge is -2.04. The van der Waals surface area contributed by atoms with Crippen molar-refractivity contribution in [2.75, 3.05) is 5.73 Å². The van der Waals surface area contributed by atoms with E-state index in [4.69, 9.17) is 5.73 Å². The van der Waals surface area contributed by atoms with Crippen molar-refractivity contribution in [2.24, 2.45) is 0 Å². The highest BCUT2D eigenvalue weighted by Crippen LogP contribution is 2.27. The monoisotopic (exact) mass is 230 g/mol. The van der Waals surface area contributed by atoms with Crippen molar-refractivity contribution in [2.45, 2.75) is 23.8 Å². The lowest BCUT2D eigenvalue weighted by molar-refractivity contribution is 1.05. The molecule has 16 heavy (non-hydrogen) atoms. The lowest BCUT2D eigenvalue weighted by atomic mass is 10.3. The highest BCUT2D eigenvalue weighted by Gasteiger charge is 2.01. The number of hydrogen-bond acceptors (Lipinski definition) is 3. The Morgan fingerprint density at radius 2 is 1.94 bits per heavy atom. The van der Waals surface area contributed by atoms with Crippen molar-refractivity contribution in [3.05, 3.63) is 47.7 Å². The summed E-state index contributed by atoms with van der Waals surface area (Å²) < 4.78 is 0. The minimum absolute atomic E-state index is 0.786. The SMILES string of the molecule is Cc1cc(C)nc(Sc2cccc(N)c2)c1. The summed E-state index contributed by atoms with van der Waals surface area (Å²) in [4.78, 5) is 5.60. The van der Waals surface area contributed by atoms with Crippen LogP contribution in [-0.4, -0.2) is 4.98 Å². The number of nitrogen functional groups attached to an aromatic ring is 1. The summed E-state index contributed by atoms with van der Waals surface area (Å²) in [5.74, 6) is 0. The van der Waals surface area contributed by atoms with Crippen LogP contribution in [0.4, 0.5) is 5.69 Å². The molecule has 2 rings (SSSR count). The van der Waals surface area contributed by atoms with Crippen LogP contribution >= 0.6 is 11.8 Å². The highest BCUT2D eigenvalue weighted by molar-refractivity contribution is 7.99. The first-order valence-corrected chi connectivity index (χ1v) is 5.94. The molecular weight excluding hydrogens is 216 g/mol. The predicted octanol–water partition coefficient (Wildman–Crippen LogP) is 3.43. The molecule has 0 unspecified atom stereocenters. The number of aromatic nitrogens is 1. The maximum Gasteiger partial charge on any atom is 0.101 e. The molecule has 3 heteroatoms. The summed E-state index contributed by atoms with van der Waals surface area (Å²) in [7, 11) is 0. The first-order valence-electron chi connectivity index (χ1n) is 5.12. The van der Waals surface area contributed by atoms with Gasteiger partial charge in [0.05, 0.1) is 0 Å². The molecule has 0 saturated heterocycles. The van der Waals surface area contributed by atoms with E-state index in [1.807, 2.05) is 31.2 Å². The quantitative estimate of drug-likeness (QED) is 0.803. The third kappa shape index (κ3) is 2.76. The maximum absolute atomic E-state index is 5.74. The molecule has 0 radical (unpaired) electrons. The molecule has 0 amide bonds. The summed E-state index contributed by atoms with van der Waals surface area (Å²) in [6, 6.07) is 12.0. The van der Waals surface area contributed by atoms with Crippen molar-refractivity contribution < 1.29 is 0 Å². The average Bonchev–Trinajstić information content (AvgIpc) is 2.15. The van der Waals surface area contributed by atoms with Crippen molar-refractivity contribution >= 4 is 17.4 Å². The van der Waals surface area contributed by atoms with Gasteiger partial charge in [0.1, 0.15) is 5.03 Å². The van der Waals surface area contributed by atoms with Gasteiger partial charge in [0.2, 0.25) is 0 Å². The van der Waals surface area contributed by atoms with Gasteiger partial charge in [0, 0.05) is 16.3 Å². The second kappa shape index (κ2) is 4.58. The zero-order valence-electron chi connectivity index (χ0n) is 9.40. The average molecular weight is 230 g/mol. The van der Waals surface area contributed by atoms with Gasteiger partial charge >= 0.3 is 0 Å². The number of pyridine rings is 1. The third-order valence-electron chi connectivity index (χ3n) is 2.15. The fraction of sp³-hybridized carbons (Fsp3) is 0.154. The minimum Gasteiger partial charge on any atom is -0.399 e. The maximum atomic E-state index is 5.74. The van der Waals surface area contributed by atoms with Gasteiger partial charge in [0.25, 0.3) is 0 Å². The number of hydrogen-bond donors (Lipinski definition) is 1. The Hall–Kier alpha value is -1.48. The van der Waals surface area contributed by atoms with E-state index in [0.29, 0.717) is 0 Å².